The van der Waals surface area contributed by atoms with Crippen molar-refractivity contribution in [2.24, 2.45) is 5.92 Å². The van der Waals surface area contributed by atoms with Crippen molar-refractivity contribution in [2.75, 3.05) is 20.2 Å². The van der Waals surface area contributed by atoms with Crippen LogP contribution in [0.1, 0.15) is 18.4 Å². The van der Waals surface area contributed by atoms with Gasteiger partial charge in [-0.05, 0) is 30.5 Å². The zero-order valence-electron chi connectivity index (χ0n) is 15.9. The van der Waals surface area contributed by atoms with Crippen LogP contribution in [0, 0.1) is 5.92 Å². The Labute approximate surface area is 163 Å². The highest BCUT2D eigenvalue weighted by atomic mass is 16.5. The standard InChI is InChI=1S/C21H25N3O4/c1-3-19(25)24-10-8-14(9-11-24)20(26)23-18(21(27)28-2)12-15-13-22-17-7-5-4-6-16(15)17/h3-7,13-14,18,22H,1,8-12H2,2H3,(H,23,26)/t18-/m0/s1. The Morgan fingerprint density at radius 3 is 2.71 bits per heavy atom. The van der Waals surface area contributed by atoms with Gasteiger partial charge in [0, 0.05) is 42.5 Å². The van der Waals surface area contributed by atoms with Crippen LogP contribution in [0.15, 0.2) is 43.1 Å². The van der Waals surface area contributed by atoms with E-state index in [1.165, 1.54) is 13.2 Å². The smallest absolute Gasteiger partial charge is 0.328 e. The number of rotatable bonds is 6. The Morgan fingerprint density at radius 2 is 2.04 bits per heavy atom. The summed E-state index contributed by atoms with van der Waals surface area (Å²) in [7, 11) is 1.32. The number of aromatic amines is 1. The maximum absolute atomic E-state index is 12.7. The molecule has 1 fully saturated rings. The number of hydrogen-bond donors (Lipinski definition) is 2. The normalized spacial score (nSPS) is 15.8. The minimum atomic E-state index is -0.760. The summed E-state index contributed by atoms with van der Waals surface area (Å²) in [5, 5.41) is 3.86. The summed E-state index contributed by atoms with van der Waals surface area (Å²) in [4.78, 5) is 41.5. The second kappa shape index (κ2) is 8.73. The molecule has 0 aliphatic carbocycles. The van der Waals surface area contributed by atoms with Crippen molar-refractivity contribution in [3.8, 4) is 0 Å². The summed E-state index contributed by atoms with van der Waals surface area (Å²) in [5.74, 6) is -1.01. The molecule has 0 saturated carbocycles. The molecule has 28 heavy (non-hydrogen) atoms. The summed E-state index contributed by atoms with van der Waals surface area (Å²) in [6, 6.07) is 7.05. The number of nitrogens with zero attached hydrogens (tertiary/aromatic N) is 1. The average molecular weight is 383 g/mol. The van der Waals surface area contributed by atoms with E-state index < -0.39 is 12.0 Å². The zero-order valence-corrected chi connectivity index (χ0v) is 15.9. The van der Waals surface area contributed by atoms with Gasteiger partial charge < -0.3 is 19.9 Å². The number of piperidine rings is 1. The monoisotopic (exact) mass is 383 g/mol. The third-order valence-corrected chi connectivity index (χ3v) is 5.25. The number of amides is 2. The second-order valence-corrected chi connectivity index (χ2v) is 6.95. The second-order valence-electron chi connectivity index (χ2n) is 6.95. The van der Waals surface area contributed by atoms with Crippen LogP contribution in [0.4, 0.5) is 0 Å². The Hall–Kier alpha value is -3.09. The van der Waals surface area contributed by atoms with Crippen LogP contribution in [0.2, 0.25) is 0 Å². The van der Waals surface area contributed by atoms with Gasteiger partial charge in [0.1, 0.15) is 6.04 Å². The van der Waals surface area contributed by atoms with E-state index in [9.17, 15) is 14.4 Å². The van der Waals surface area contributed by atoms with E-state index in [4.69, 9.17) is 4.74 Å². The largest absolute Gasteiger partial charge is 0.467 e. The number of likely N-dealkylation sites (tertiary alicyclic amines) is 1. The highest BCUT2D eigenvalue weighted by molar-refractivity contribution is 5.89. The lowest BCUT2D eigenvalue weighted by Crippen LogP contribution is -2.48. The number of carbonyl (C=O) groups excluding carboxylic acids is 3. The molecule has 7 heteroatoms. The van der Waals surface area contributed by atoms with Crippen LogP contribution < -0.4 is 5.32 Å². The minimum absolute atomic E-state index is 0.120. The molecular weight excluding hydrogens is 358 g/mol. The Morgan fingerprint density at radius 1 is 1.32 bits per heavy atom. The number of fused-ring (bicyclic) bond motifs is 1. The summed E-state index contributed by atoms with van der Waals surface area (Å²) in [6.07, 6.45) is 4.61. The topological polar surface area (TPSA) is 91.5 Å². The molecule has 2 heterocycles. The Balaban J connectivity index is 1.66. The van der Waals surface area contributed by atoms with E-state index >= 15 is 0 Å². The first-order valence-corrected chi connectivity index (χ1v) is 9.38. The average Bonchev–Trinajstić information content (AvgIpc) is 3.15. The number of carbonyl (C=O) groups is 3. The van der Waals surface area contributed by atoms with Crippen molar-refractivity contribution in [1.29, 1.82) is 0 Å². The highest BCUT2D eigenvalue weighted by Gasteiger charge is 2.30. The number of ether oxygens (including phenoxy) is 1. The molecule has 3 rings (SSSR count). The molecule has 7 nitrogen and oxygen atoms in total. The van der Waals surface area contributed by atoms with E-state index in [2.05, 4.69) is 16.9 Å². The molecule has 0 bridgehead atoms. The van der Waals surface area contributed by atoms with E-state index in [-0.39, 0.29) is 17.7 Å². The first-order chi connectivity index (χ1) is 13.5. The van der Waals surface area contributed by atoms with Crippen molar-refractivity contribution in [3.05, 3.63) is 48.7 Å². The number of nitrogens with one attached hydrogen (secondary N) is 2. The Kier molecular flexibility index (Phi) is 6.13. The number of aromatic nitrogens is 1. The lowest BCUT2D eigenvalue weighted by Gasteiger charge is -2.31. The van der Waals surface area contributed by atoms with Crippen molar-refractivity contribution in [3.63, 3.8) is 0 Å². The van der Waals surface area contributed by atoms with E-state index in [1.54, 1.807) is 4.90 Å². The van der Waals surface area contributed by atoms with Crippen molar-refractivity contribution in [1.82, 2.24) is 15.2 Å². The first-order valence-electron chi connectivity index (χ1n) is 9.38. The molecule has 2 N–H and O–H groups in total. The third kappa shape index (κ3) is 4.24. The predicted molar refractivity (Wildman–Crippen MR) is 105 cm³/mol. The van der Waals surface area contributed by atoms with Gasteiger partial charge >= 0.3 is 5.97 Å². The number of esters is 1. The van der Waals surface area contributed by atoms with Gasteiger partial charge in [0.25, 0.3) is 0 Å². The van der Waals surface area contributed by atoms with Gasteiger partial charge in [0.05, 0.1) is 7.11 Å². The molecule has 1 aromatic heterocycles. The van der Waals surface area contributed by atoms with Gasteiger partial charge in [0.15, 0.2) is 0 Å². The summed E-state index contributed by atoms with van der Waals surface area (Å²) in [5.41, 5.74) is 1.92. The lowest BCUT2D eigenvalue weighted by atomic mass is 9.95. The van der Waals surface area contributed by atoms with Crippen molar-refractivity contribution < 1.29 is 19.1 Å². The van der Waals surface area contributed by atoms with Crippen molar-refractivity contribution in [2.45, 2.75) is 25.3 Å². The number of para-hydroxylation sites is 1. The van der Waals surface area contributed by atoms with E-state index in [0.717, 1.165) is 16.5 Å². The number of H-pyrrole nitrogens is 1. The van der Waals surface area contributed by atoms with Crippen LogP contribution in [0.25, 0.3) is 10.9 Å². The summed E-state index contributed by atoms with van der Waals surface area (Å²) < 4.78 is 4.90. The molecule has 148 valence electrons. The summed E-state index contributed by atoms with van der Waals surface area (Å²) in [6.45, 7) is 4.51. The van der Waals surface area contributed by atoms with Gasteiger partial charge in [0.2, 0.25) is 11.8 Å². The quantitative estimate of drug-likeness (QED) is 0.588. The summed E-state index contributed by atoms with van der Waals surface area (Å²) >= 11 is 0. The molecule has 1 saturated heterocycles. The van der Waals surface area contributed by atoms with Crippen LogP contribution in [0.5, 0.6) is 0 Å². The molecule has 0 spiro atoms. The molecule has 1 atom stereocenters. The van der Waals surface area contributed by atoms with Crippen LogP contribution in [-0.2, 0) is 25.5 Å². The maximum atomic E-state index is 12.7. The lowest BCUT2D eigenvalue weighted by molar-refractivity contribution is -0.145. The number of hydrogen-bond acceptors (Lipinski definition) is 4. The van der Waals surface area contributed by atoms with E-state index in [1.807, 2.05) is 30.5 Å². The molecule has 1 aliphatic rings. The predicted octanol–water partition coefficient (Wildman–Crippen LogP) is 1.79. The molecule has 2 amide bonds. The first kappa shape index (κ1) is 19.7. The van der Waals surface area contributed by atoms with Crippen LogP contribution in [-0.4, -0.2) is 53.9 Å². The Bertz CT molecular complexity index is 881. The van der Waals surface area contributed by atoms with Gasteiger partial charge in [-0.2, -0.15) is 0 Å². The van der Waals surface area contributed by atoms with Gasteiger partial charge in [-0.15, -0.1) is 0 Å². The fraction of sp³-hybridized carbons (Fsp3) is 0.381. The fourth-order valence-corrected chi connectivity index (χ4v) is 3.64. The maximum Gasteiger partial charge on any atom is 0.328 e. The van der Waals surface area contributed by atoms with E-state index in [0.29, 0.717) is 32.4 Å². The zero-order chi connectivity index (χ0) is 20.1. The SMILES string of the molecule is C=CC(=O)N1CCC(C(=O)N[C@@H](Cc2c[nH]c3ccccc23)C(=O)OC)CC1. The van der Waals surface area contributed by atoms with Gasteiger partial charge in [-0.25, -0.2) is 4.79 Å². The molecule has 1 aromatic carbocycles. The number of methoxy groups -OCH3 is 1. The molecule has 1 aliphatic heterocycles. The molecule has 0 unspecified atom stereocenters. The fourth-order valence-electron chi connectivity index (χ4n) is 3.64. The van der Waals surface area contributed by atoms with Crippen LogP contribution >= 0.6 is 0 Å². The minimum Gasteiger partial charge on any atom is -0.467 e. The van der Waals surface area contributed by atoms with Crippen LogP contribution in [0.3, 0.4) is 0 Å². The molecule has 2 aromatic rings. The third-order valence-electron chi connectivity index (χ3n) is 5.25. The molecule has 0 radical (unpaired) electrons. The van der Waals surface area contributed by atoms with Gasteiger partial charge in [-0.1, -0.05) is 24.8 Å². The van der Waals surface area contributed by atoms with Crippen molar-refractivity contribution >= 4 is 28.7 Å². The highest BCUT2D eigenvalue weighted by Crippen LogP contribution is 2.21. The number of benzene rings is 1. The van der Waals surface area contributed by atoms with Gasteiger partial charge in [-0.3, -0.25) is 9.59 Å². The molecular formula is C21H25N3O4.